The van der Waals surface area contributed by atoms with E-state index in [0.29, 0.717) is 11.3 Å². The summed E-state index contributed by atoms with van der Waals surface area (Å²) in [7, 11) is 3.17. The number of aromatic amines is 1. The van der Waals surface area contributed by atoms with Gasteiger partial charge < -0.3 is 9.88 Å². The van der Waals surface area contributed by atoms with Crippen LogP contribution in [0.25, 0.3) is 22.2 Å². The van der Waals surface area contributed by atoms with E-state index in [4.69, 9.17) is 0 Å². The van der Waals surface area contributed by atoms with Gasteiger partial charge in [-0.15, -0.1) is 0 Å². The van der Waals surface area contributed by atoms with Gasteiger partial charge in [0.25, 0.3) is 11.7 Å². The fourth-order valence-corrected chi connectivity index (χ4v) is 2.62. The van der Waals surface area contributed by atoms with Gasteiger partial charge in [-0.05, 0) is 18.6 Å². The molecule has 116 valence electrons. The second kappa shape index (κ2) is 5.72. The molecule has 0 aliphatic rings. The first-order chi connectivity index (χ1) is 11.0. The first-order valence-electron chi connectivity index (χ1n) is 7.42. The van der Waals surface area contributed by atoms with Crippen LogP contribution in [0.4, 0.5) is 0 Å². The lowest BCUT2D eigenvalue weighted by atomic mass is 10.0. The number of rotatable bonds is 3. The maximum atomic E-state index is 12.7. The molecule has 0 aliphatic carbocycles. The maximum absolute atomic E-state index is 12.7. The van der Waals surface area contributed by atoms with E-state index in [1.807, 2.05) is 55.5 Å². The van der Waals surface area contributed by atoms with E-state index >= 15 is 0 Å². The number of likely N-dealkylation sites (N-methyl/N-ethyl adjacent to an activating group) is 1. The van der Waals surface area contributed by atoms with Crippen LogP contribution >= 0.6 is 0 Å². The van der Waals surface area contributed by atoms with Gasteiger partial charge in [0.15, 0.2) is 0 Å². The number of nitrogens with zero attached hydrogens (tertiary/aromatic N) is 1. The number of hydrogen-bond acceptors (Lipinski definition) is 2. The summed E-state index contributed by atoms with van der Waals surface area (Å²) in [6.45, 7) is 2.01. The first-order valence-corrected chi connectivity index (χ1v) is 7.42. The van der Waals surface area contributed by atoms with Crippen LogP contribution in [0.2, 0.25) is 0 Å². The van der Waals surface area contributed by atoms with Gasteiger partial charge in [-0.2, -0.15) is 0 Å². The van der Waals surface area contributed by atoms with Crippen LogP contribution in [0.3, 0.4) is 0 Å². The Morgan fingerprint density at radius 2 is 1.61 bits per heavy atom. The van der Waals surface area contributed by atoms with Gasteiger partial charge in [-0.25, -0.2) is 0 Å². The van der Waals surface area contributed by atoms with E-state index in [9.17, 15) is 9.59 Å². The molecule has 0 spiro atoms. The number of benzene rings is 2. The Labute approximate surface area is 134 Å². The Bertz CT molecular complexity index is 889. The molecule has 1 amide bonds. The molecule has 1 aromatic heterocycles. The quantitative estimate of drug-likeness (QED) is 0.595. The topological polar surface area (TPSA) is 53.2 Å². The Hall–Kier alpha value is -2.88. The zero-order valence-electron chi connectivity index (χ0n) is 13.4. The second-order valence-electron chi connectivity index (χ2n) is 5.82. The van der Waals surface area contributed by atoms with Crippen LogP contribution in [0.15, 0.2) is 48.5 Å². The minimum absolute atomic E-state index is 0.433. The largest absolute Gasteiger partial charge is 0.354 e. The number of aryl methyl sites for hydroxylation is 1. The molecule has 0 unspecified atom stereocenters. The molecule has 0 saturated carbocycles. The Kier molecular flexibility index (Phi) is 3.74. The van der Waals surface area contributed by atoms with E-state index in [1.165, 1.54) is 4.90 Å². The minimum Gasteiger partial charge on any atom is -0.354 e. The molecule has 2 aromatic carbocycles. The van der Waals surface area contributed by atoms with E-state index in [2.05, 4.69) is 4.98 Å². The molecule has 1 N–H and O–H groups in total. The fourth-order valence-electron chi connectivity index (χ4n) is 2.62. The maximum Gasteiger partial charge on any atom is 0.294 e. The number of aromatic nitrogens is 1. The average molecular weight is 306 g/mol. The van der Waals surface area contributed by atoms with Crippen molar-refractivity contribution in [3.63, 3.8) is 0 Å². The monoisotopic (exact) mass is 306 g/mol. The summed E-state index contributed by atoms with van der Waals surface area (Å²) < 4.78 is 0. The Morgan fingerprint density at radius 1 is 0.957 bits per heavy atom. The van der Waals surface area contributed by atoms with Gasteiger partial charge in [0.1, 0.15) is 0 Å². The van der Waals surface area contributed by atoms with Gasteiger partial charge >= 0.3 is 0 Å². The van der Waals surface area contributed by atoms with Crippen molar-refractivity contribution in [1.29, 1.82) is 0 Å². The number of carbonyl (C=O) groups excluding carboxylic acids is 2. The number of H-pyrrole nitrogens is 1. The third kappa shape index (κ3) is 2.63. The predicted molar refractivity (Wildman–Crippen MR) is 91.5 cm³/mol. The normalized spacial score (nSPS) is 10.7. The lowest BCUT2D eigenvalue weighted by Gasteiger charge is -2.10. The highest BCUT2D eigenvalue weighted by atomic mass is 16.2. The number of hydrogen-bond donors (Lipinski definition) is 1. The number of para-hydroxylation sites is 1. The lowest BCUT2D eigenvalue weighted by molar-refractivity contribution is -0.124. The molecule has 4 heteroatoms. The van der Waals surface area contributed by atoms with E-state index in [0.717, 1.165) is 22.0 Å². The third-order valence-corrected chi connectivity index (χ3v) is 3.87. The molecule has 0 aliphatic heterocycles. The molecule has 4 nitrogen and oxygen atoms in total. The molecule has 0 atom stereocenters. The van der Waals surface area contributed by atoms with Crippen molar-refractivity contribution in [2.45, 2.75) is 6.92 Å². The van der Waals surface area contributed by atoms with Crippen molar-refractivity contribution >= 4 is 22.6 Å². The average Bonchev–Trinajstić information content (AvgIpc) is 2.93. The number of ketones is 1. The van der Waals surface area contributed by atoms with Gasteiger partial charge in [-0.1, -0.05) is 48.0 Å². The second-order valence-corrected chi connectivity index (χ2v) is 5.82. The number of carbonyl (C=O) groups is 2. The molecule has 23 heavy (non-hydrogen) atoms. The van der Waals surface area contributed by atoms with E-state index in [1.54, 1.807) is 14.1 Å². The summed E-state index contributed by atoms with van der Waals surface area (Å²) in [5.41, 5.74) is 4.00. The van der Waals surface area contributed by atoms with Crippen LogP contribution in [0.5, 0.6) is 0 Å². The molecular weight excluding hydrogens is 288 g/mol. The summed E-state index contributed by atoms with van der Waals surface area (Å²) in [4.78, 5) is 29.5. The van der Waals surface area contributed by atoms with Crippen molar-refractivity contribution < 1.29 is 9.59 Å². The summed E-state index contributed by atoms with van der Waals surface area (Å²) in [5, 5.41) is 0.767. The molecular formula is C19H18N2O2. The fraction of sp³-hybridized carbons (Fsp3) is 0.158. The van der Waals surface area contributed by atoms with Crippen LogP contribution in [0, 0.1) is 6.92 Å². The molecule has 0 radical (unpaired) electrons. The first kappa shape index (κ1) is 15.0. The van der Waals surface area contributed by atoms with E-state index in [-0.39, 0.29) is 0 Å². The summed E-state index contributed by atoms with van der Waals surface area (Å²) in [5.74, 6) is -1.02. The third-order valence-electron chi connectivity index (χ3n) is 3.87. The highest BCUT2D eigenvalue weighted by molar-refractivity contribution is 6.46. The van der Waals surface area contributed by atoms with Gasteiger partial charge in [-0.3, -0.25) is 9.59 Å². The molecule has 1 heterocycles. The zero-order valence-corrected chi connectivity index (χ0v) is 13.4. The molecule has 0 saturated heterocycles. The van der Waals surface area contributed by atoms with Crippen LogP contribution in [0.1, 0.15) is 15.9 Å². The Balaban J connectivity index is 2.25. The summed E-state index contributed by atoms with van der Waals surface area (Å²) in [6.07, 6.45) is 0. The molecule has 0 fully saturated rings. The predicted octanol–water partition coefficient (Wildman–Crippen LogP) is 3.41. The number of amides is 1. The van der Waals surface area contributed by atoms with Crippen molar-refractivity contribution in [1.82, 2.24) is 9.88 Å². The number of Topliss-reactive ketones (excluding diaryl/α,β-unsaturated/α-hetero) is 1. The number of nitrogens with one attached hydrogen (secondary N) is 1. The standard InChI is InChI=1S/C19H18N2O2/c1-12-8-10-13(11-9-12)17-16(18(22)19(23)21(2)3)14-6-4-5-7-15(14)20-17/h4-11,20H,1-3H3. The number of fused-ring (bicyclic) bond motifs is 1. The van der Waals surface area contributed by atoms with E-state index < -0.39 is 11.7 Å². The summed E-state index contributed by atoms with van der Waals surface area (Å²) in [6, 6.07) is 15.4. The van der Waals surface area contributed by atoms with Gasteiger partial charge in [0, 0.05) is 25.0 Å². The van der Waals surface area contributed by atoms with Gasteiger partial charge in [0.2, 0.25) is 0 Å². The zero-order chi connectivity index (χ0) is 16.6. The Morgan fingerprint density at radius 3 is 2.26 bits per heavy atom. The lowest BCUT2D eigenvalue weighted by Crippen LogP contribution is -2.30. The highest BCUT2D eigenvalue weighted by Crippen LogP contribution is 2.31. The summed E-state index contributed by atoms with van der Waals surface area (Å²) >= 11 is 0. The smallest absolute Gasteiger partial charge is 0.294 e. The highest BCUT2D eigenvalue weighted by Gasteiger charge is 2.26. The van der Waals surface area contributed by atoms with Crippen molar-refractivity contribution in [3.8, 4) is 11.3 Å². The molecule has 0 bridgehead atoms. The molecule has 3 rings (SSSR count). The molecule has 3 aromatic rings. The van der Waals surface area contributed by atoms with Crippen molar-refractivity contribution in [2.24, 2.45) is 0 Å². The van der Waals surface area contributed by atoms with Crippen LogP contribution in [-0.2, 0) is 4.79 Å². The van der Waals surface area contributed by atoms with Crippen LogP contribution in [-0.4, -0.2) is 35.7 Å². The van der Waals surface area contributed by atoms with Crippen LogP contribution < -0.4 is 0 Å². The van der Waals surface area contributed by atoms with Gasteiger partial charge in [0.05, 0.1) is 11.3 Å². The SMILES string of the molecule is Cc1ccc(-c2[nH]c3ccccc3c2C(=O)C(=O)N(C)C)cc1. The minimum atomic E-state index is -0.525. The van der Waals surface area contributed by atoms with Crippen molar-refractivity contribution in [2.75, 3.05) is 14.1 Å². The van der Waals surface area contributed by atoms with Crippen molar-refractivity contribution in [3.05, 3.63) is 59.7 Å².